The second-order valence-electron chi connectivity index (χ2n) is 6.52. The van der Waals surface area contributed by atoms with Gasteiger partial charge in [0.05, 0.1) is 0 Å². The molecule has 0 N–H and O–H groups in total. The first-order chi connectivity index (χ1) is 10.4. The molecule has 0 unspecified atom stereocenters. The van der Waals surface area contributed by atoms with Gasteiger partial charge in [-0.1, -0.05) is 95.1 Å². The molecule has 0 radical (unpaired) electrons. The predicted octanol–water partition coefficient (Wildman–Crippen LogP) is 6.94. The van der Waals surface area contributed by atoms with Gasteiger partial charge in [0.15, 0.2) is 0 Å². The molecule has 0 saturated carbocycles. The molecule has 1 aliphatic rings. The van der Waals surface area contributed by atoms with Crippen LogP contribution in [0.3, 0.4) is 0 Å². The second-order valence-corrected chi connectivity index (χ2v) is 6.52. The fourth-order valence-corrected chi connectivity index (χ4v) is 3.39. The van der Waals surface area contributed by atoms with Crippen LogP contribution in [0, 0.1) is 0 Å². The molecule has 0 atom stereocenters. The Morgan fingerprint density at radius 2 is 1.38 bits per heavy atom. The lowest BCUT2D eigenvalue weighted by atomic mass is 10.00. The molecule has 116 valence electrons. The molecular weight excluding hydrogens is 252 g/mol. The van der Waals surface area contributed by atoms with E-state index in [0.717, 1.165) is 6.42 Å². The van der Waals surface area contributed by atoms with E-state index in [-0.39, 0.29) is 0 Å². The Labute approximate surface area is 131 Å². The minimum Gasteiger partial charge on any atom is -0.0763 e. The van der Waals surface area contributed by atoms with Gasteiger partial charge in [0.1, 0.15) is 0 Å². The quantitative estimate of drug-likeness (QED) is 0.386. The number of hydrogen-bond acceptors (Lipinski definition) is 0. The van der Waals surface area contributed by atoms with Crippen molar-refractivity contribution in [3.63, 3.8) is 0 Å². The number of rotatable bonds is 11. The van der Waals surface area contributed by atoms with Crippen LogP contribution in [0.4, 0.5) is 0 Å². The Morgan fingerprint density at radius 1 is 0.762 bits per heavy atom. The fraction of sp³-hybridized carbons (Fsp3) is 0.619. The first-order valence-corrected chi connectivity index (χ1v) is 9.19. The van der Waals surface area contributed by atoms with Crippen molar-refractivity contribution in [1.29, 1.82) is 0 Å². The lowest BCUT2D eigenvalue weighted by Gasteiger charge is -2.06. The van der Waals surface area contributed by atoms with Crippen molar-refractivity contribution in [3.8, 4) is 0 Å². The Bertz CT molecular complexity index is 427. The fourth-order valence-electron chi connectivity index (χ4n) is 3.39. The highest BCUT2D eigenvalue weighted by Crippen LogP contribution is 2.30. The van der Waals surface area contributed by atoms with E-state index in [1.54, 1.807) is 5.57 Å². The van der Waals surface area contributed by atoms with E-state index in [0.29, 0.717) is 0 Å². The Kier molecular flexibility index (Phi) is 7.63. The van der Waals surface area contributed by atoms with E-state index in [2.05, 4.69) is 37.3 Å². The van der Waals surface area contributed by atoms with E-state index in [4.69, 9.17) is 0 Å². The highest BCUT2D eigenvalue weighted by atomic mass is 14.2. The monoisotopic (exact) mass is 284 g/mol. The lowest BCUT2D eigenvalue weighted by Crippen LogP contribution is -1.85. The molecule has 0 heterocycles. The minimum absolute atomic E-state index is 1.16. The van der Waals surface area contributed by atoms with Gasteiger partial charge < -0.3 is 0 Å². The van der Waals surface area contributed by atoms with Crippen LogP contribution >= 0.6 is 0 Å². The minimum atomic E-state index is 1.16. The van der Waals surface area contributed by atoms with Gasteiger partial charge in [0.25, 0.3) is 0 Å². The summed E-state index contributed by atoms with van der Waals surface area (Å²) in [6, 6.07) is 8.91. The van der Waals surface area contributed by atoms with Gasteiger partial charge in [-0.2, -0.15) is 0 Å². The normalized spacial score (nSPS) is 13.3. The van der Waals surface area contributed by atoms with Crippen LogP contribution in [0.1, 0.15) is 88.7 Å². The zero-order valence-electron chi connectivity index (χ0n) is 13.9. The average Bonchev–Trinajstić information content (AvgIpc) is 2.92. The summed E-state index contributed by atoms with van der Waals surface area (Å²) in [5.74, 6) is 0. The van der Waals surface area contributed by atoms with Crippen LogP contribution in [0.5, 0.6) is 0 Å². The summed E-state index contributed by atoms with van der Waals surface area (Å²) in [6.45, 7) is 2.29. The molecule has 0 nitrogen and oxygen atoms in total. The molecule has 0 fully saturated rings. The van der Waals surface area contributed by atoms with Gasteiger partial charge in [0.2, 0.25) is 0 Å². The second kappa shape index (κ2) is 9.82. The van der Waals surface area contributed by atoms with E-state index in [9.17, 15) is 0 Å². The predicted molar refractivity (Wildman–Crippen MR) is 94.6 cm³/mol. The summed E-state index contributed by atoms with van der Waals surface area (Å²) in [6.07, 6.45) is 19.1. The molecule has 0 aromatic heterocycles. The molecular formula is C21H32. The maximum Gasteiger partial charge on any atom is -0.00854 e. The lowest BCUT2D eigenvalue weighted by molar-refractivity contribution is 0.558. The van der Waals surface area contributed by atoms with Gasteiger partial charge in [-0.15, -0.1) is 0 Å². The zero-order valence-corrected chi connectivity index (χ0v) is 13.9. The Balaban J connectivity index is 1.48. The summed E-state index contributed by atoms with van der Waals surface area (Å²) in [7, 11) is 0. The van der Waals surface area contributed by atoms with Crippen molar-refractivity contribution >= 4 is 5.57 Å². The first kappa shape index (κ1) is 16.3. The maximum absolute atomic E-state index is 2.44. The van der Waals surface area contributed by atoms with Crippen molar-refractivity contribution in [3.05, 3.63) is 41.5 Å². The van der Waals surface area contributed by atoms with Gasteiger partial charge in [-0.25, -0.2) is 0 Å². The maximum atomic E-state index is 2.44. The third-order valence-corrected chi connectivity index (χ3v) is 4.73. The van der Waals surface area contributed by atoms with Gasteiger partial charge >= 0.3 is 0 Å². The molecule has 1 aromatic carbocycles. The van der Waals surface area contributed by atoms with Crippen LogP contribution in [0.15, 0.2) is 30.3 Å². The molecule has 2 rings (SSSR count). The average molecular weight is 284 g/mol. The molecule has 0 amide bonds. The highest BCUT2D eigenvalue weighted by molar-refractivity contribution is 5.72. The third-order valence-electron chi connectivity index (χ3n) is 4.73. The zero-order chi connectivity index (χ0) is 14.8. The summed E-state index contributed by atoms with van der Waals surface area (Å²) < 4.78 is 0. The SMILES string of the molecule is CCCCCCCCCCCCC1=CCc2ccccc21. The van der Waals surface area contributed by atoms with Crippen molar-refractivity contribution in [2.75, 3.05) is 0 Å². The van der Waals surface area contributed by atoms with Crippen LogP contribution in [0.25, 0.3) is 5.57 Å². The van der Waals surface area contributed by atoms with Gasteiger partial charge in [0, 0.05) is 0 Å². The summed E-state index contributed by atoms with van der Waals surface area (Å²) in [5.41, 5.74) is 4.65. The largest absolute Gasteiger partial charge is 0.0763 e. The van der Waals surface area contributed by atoms with E-state index in [1.807, 2.05) is 0 Å². The number of fused-ring (bicyclic) bond motifs is 1. The standard InChI is InChI=1S/C21H32/c1-2-3-4-5-6-7-8-9-10-11-14-19-17-18-20-15-12-13-16-21(19)20/h12-13,15-17H,2-11,14,18H2,1H3. The van der Waals surface area contributed by atoms with Crippen molar-refractivity contribution < 1.29 is 0 Å². The van der Waals surface area contributed by atoms with Gasteiger partial charge in [-0.3, -0.25) is 0 Å². The highest BCUT2D eigenvalue weighted by Gasteiger charge is 2.11. The number of benzene rings is 1. The Hall–Kier alpha value is -1.04. The van der Waals surface area contributed by atoms with Crippen LogP contribution < -0.4 is 0 Å². The van der Waals surface area contributed by atoms with Crippen LogP contribution in [-0.4, -0.2) is 0 Å². The molecule has 1 aliphatic carbocycles. The molecule has 21 heavy (non-hydrogen) atoms. The van der Waals surface area contributed by atoms with Crippen molar-refractivity contribution in [2.24, 2.45) is 0 Å². The topological polar surface area (TPSA) is 0 Å². The van der Waals surface area contributed by atoms with E-state index < -0.39 is 0 Å². The van der Waals surface area contributed by atoms with Gasteiger partial charge in [-0.05, 0) is 36.0 Å². The number of hydrogen-bond donors (Lipinski definition) is 0. The molecule has 0 heteroatoms. The van der Waals surface area contributed by atoms with Crippen molar-refractivity contribution in [2.45, 2.75) is 84.0 Å². The summed E-state index contributed by atoms with van der Waals surface area (Å²) in [5, 5.41) is 0. The summed E-state index contributed by atoms with van der Waals surface area (Å²) in [4.78, 5) is 0. The first-order valence-electron chi connectivity index (χ1n) is 9.19. The third kappa shape index (κ3) is 5.69. The smallest absolute Gasteiger partial charge is 0.00854 e. The molecule has 1 aromatic rings. The molecule has 0 saturated heterocycles. The number of allylic oxidation sites excluding steroid dienone is 2. The van der Waals surface area contributed by atoms with E-state index >= 15 is 0 Å². The van der Waals surface area contributed by atoms with Crippen LogP contribution in [0.2, 0.25) is 0 Å². The number of unbranched alkanes of at least 4 members (excludes halogenated alkanes) is 9. The molecule has 0 aliphatic heterocycles. The van der Waals surface area contributed by atoms with E-state index in [1.165, 1.54) is 81.8 Å². The summed E-state index contributed by atoms with van der Waals surface area (Å²) >= 11 is 0. The molecule has 0 spiro atoms. The van der Waals surface area contributed by atoms with Crippen LogP contribution in [-0.2, 0) is 6.42 Å². The Morgan fingerprint density at radius 3 is 2.10 bits per heavy atom. The van der Waals surface area contributed by atoms with Crippen molar-refractivity contribution in [1.82, 2.24) is 0 Å². The molecule has 0 bridgehead atoms.